The third-order valence-electron chi connectivity index (χ3n) is 5.01. The Bertz CT molecular complexity index is 229. The molecule has 0 aliphatic heterocycles. The van der Waals surface area contributed by atoms with Crippen LogP contribution in [0.2, 0.25) is 0 Å². The van der Waals surface area contributed by atoms with Gasteiger partial charge in [0.25, 0.3) is 0 Å². The second kappa shape index (κ2) is 5.03. The van der Waals surface area contributed by atoms with Crippen LogP contribution in [-0.4, -0.2) is 12.7 Å². The zero-order valence-corrected chi connectivity index (χ0v) is 10.7. The van der Waals surface area contributed by atoms with Gasteiger partial charge in [0.15, 0.2) is 0 Å². The van der Waals surface area contributed by atoms with Gasteiger partial charge in [0, 0.05) is 5.92 Å². The summed E-state index contributed by atoms with van der Waals surface area (Å²) in [6, 6.07) is 0. The summed E-state index contributed by atoms with van der Waals surface area (Å²) in [5.41, 5.74) is 5.68. The van der Waals surface area contributed by atoms with Gasteiger partial charge in [-0.1, -0.05) is 20.3 Å². The first-order valence-corrected chi connectivity index (χ1v) is 6.96. The topological polar surface area (TPSA) is 26.0 Å². The first kappa shape index (κ1) is 12.3. The third kappa shape index (κ3) is 2.42. The zero-order valence-electron chi connectivity index (χ0n) is 10.7. The molecule has 0 spiro atoms. The summed E-state index contributed by atoms with van der Waals surface area (Å²) in [5.74, 6) is 2.88. The smallest absolute Gasteiger partial charge is 0.105 e. The summed E-state index contributed by atoms with van der Waals surface area (Å²) in [7, 11) is 0. The molecule has 2 aliphatic carbocycles. The molecule has 2 aliphatic rings. The van der Waals surface area contributed by atoms with Crippen LogP contribution in [0.15, 0.2) is 0 Å². The lowest BCUT2D eigenvalue weighted by Gasteiger charge is -2.28. The van der Waals surface area contributed by atoms with Gasteiger partial charge >= 0.3 is 0 Å². The summed E-state index contributed by atoms with van der Waals surface area (Å²) in [4.78, 5) is 0. The number of halogens is 1. The van der Waals surface area contributed by atoms with Crippen molar-refractivity contribution in [1.29, 1.82) is 0 Å². The lowest BCUT2D eigenvalue weighted by Crippen LogP contribution is -2.31. The summed E-state index contributed by atoms with van der Waals surface area (Å²) < 4.78 is 14.2. The van der Waals surface area contributed by atoms with Gasteiger partial charge in [-0.25, -0.2) is 4.39 Å². The van der Waals surface area contributed by atoms with Crippen LogP contribution in [0.25, 0.3) is 0 Å². The predicted octanol–water partition coefficient (Wildman–Crippen LogP) is 3.38. The Morgan fingerprint density at radius 1 is 1.25 bits per heavy atom. The van der Waals surface area contributed by atoms with Crippen LogP contribution in [-0.2, 0) is 0 Å². The maximum Gasteiger partial charge on any atom is 0.105 e. The fourth-order valence-electron chi connectivity index (χ4n) is 3.97. The van der Waals surface area contributed by atoms with Crippen LogP contribution in [0.4, 0.5) is 4.39 Å². The van der Waals surface area contributed by atoms with Gasteiger partial charge in [-0.2, -0.15) is 0 Å². The minimum atomic E-state index is -0.672. The average Bonchev–Trinajstić information content (AvgIpc) is 2.79. The molecule has 2 rings (SSSR count). The van der Waals surface area contributed by atoms with Gasteiger partial charge in [-0.15, -0.1) is 0 Å². The lowest BCUT2D eigenvalue weighted by molar-refractivity contribution is 0.135. The summed E-state index contributed by atoms with van der Waals surface area (Å²) >= 11 is 0. The molecule has 2 heteroatoms. The second-order valence-electron chi connectivity index (χ2n) is 6.33. The van der Waals surface area contributed by atoms with Crippen LogP contribution in [0.1, 0.15) is 46.0 Å². The SMILES string of the molecule is CC(C)C(CN)C(F)CC1CC2CCC1C2. The number of hydrogen-bond donors (Lipinski definition) is 1. The quantitative estimate of drug-likeness (QED) is 0.765. The molecule has 0 amide bonds. The Balaban J connectivity index is 1.84. The normalized spacial score (nSPS) is 36.9. The maximum atomic E-state index is 14.2. The standard InChI is InChI=1S/C14H26FN/c1-9(2)13(8-16)14(15)7-12-6-10-3-4-11(12)5-10/h9-14H,3-8,16H2,1-2H3. The predicted molar refractivity (Wildman–Crippen MR) is 65.8 cm³/mol. The van der Waals surface area contributed by atoms with Crippen molar-refractivity contribution in [2.45, 2.75) is 52.1 Å². The number of nitrogens with two attached hydrogens (primary N) is 1. The molecule has 5 atom stereocenters. The summed E-state index contributed by atoms with van der Waals surface area (Å²) in [6.07, 6.45) is 5.54. The van der Waals surface area contributed by atoms with E-state index in [4.69, 9.17) is 5.73 Å². The molecule has 16 heavy (non-hydrogen) atoms. The molecular formula is C14H26FN. The highest BCUT2D eigenvalue weighted by atomic mass is 19.1. The Morgan fingerprint density at radius 2 is 2.00 bits per heavy atom. The Morgan fingerprint density at radius 3 is 2.44 bits per heavy atom. The van der Waals surface area contributed by atoms with Crippen LogP contribution in [0.5, 0.6) is 0 Å². The second-order valence-corrected chi connectivity index (χ2v) is 6.33. The van der Waals surface area contributed by atoms with E-state index in [9.17, 15) is 4.39 Å². The summed E-state index contributed by atoms with van der Waals surface area (Å²) in [5, 5.41) is 0. The number of fused-ring (bicyclic) bond motifs is 2. The maximum absolute atomic E-state index is 14.2. The molecule has 0 aromatic carbocycles. The minimum Gasteiger partial charge on any atom is -0.330 e. The first-order valence-electron chi connectivity index (χ1n) is 6.96. The highest BCUT2D eigenvalue weighted by molar-refractivity contribution is 4.91. The molecule has 0 saturated heterocycles. The van der Waals surface area contributed by atoms with E-state index >= 15 is 0 Å². The highest BCUT2D eigenvalue weighted by Gasteiger charge is 2.41. The van der Waals surface area contributed by atoms with Crippen molar-refractivity contribution in [3.05, 3.63) is 0 Å². The fourth-order valence-corrected chi connectivity index (χ4v) is 3.97. The molecule has 0 radical (unpaired) electrons. The van der Waals surface area contributed by atoms with E-state index in [0.717, 1.165) is 18.3 Å². The molecule has 2 bridgehead atoms. The Kier molecular flexibility index (Phi) is 3.89. The van der Waals surface area contributed by atoms with E-state index in [2.05, 4.69) is 13.8 Å². The van der Waals surface area contributed by atoms with Crippen molar-refractivity contribution in [2.75, 3.05) is 6.54 Å². The molecule has 2 saturated carbocycles. The van der Waals surface area contributed by atoms with Crippen molar-refractivity contribution >= 4 is 0 Å². The highest BCUT2D eigenvalue weighted by Crippen LogP contribution is 2.50. The van der Waals surface area contributed by atoms with Gasteiger partial charge in [0.05, 0.1) is 0 Å². The Hall–Kier alpha value is -0.110. The molecule has 0 aromatic heterocycles. The molecule has 5 unspecified atom stereocenters. The van der Waals surface area contributed by atoms with Crippen molar-refractivity contribution in [2.24, 2.45) is 35.3 Å². The largest absolute Gasteiger partial charge is 0.330 e. The van der Waals surface area contributed by atoms with Crippen LogP contribution in [0, 0.1) is 29.6 Å². The minimum absolute atomic E-state index is 0.0686. The molecule has 2 N–H and O–H groups in total. The zero-order chi connectivity index (χ0) is 11.7. The molecule has 0 heterocycles. The monoisotopic (exact) mass is 227 g/mol. The van der Waals surface area contributed by atoms with E-state index in [1.165, 1.54) is 25.7 Å². The molecule has 2 fully saturated rings. The van der Waals surface area contributed by atoms with Crippen molar-refractivity contribution in [1.82, 2.24) is 0 Å². The average molecular weight is 227 g/mol. The van der Waals surface area contributed by atoms with Crippen molar-refractivity contribution in [3.8, 4) is 0 Å². The van der Waals surface area contributed by atoms with E-state index in [1.807, 2.05) is 0 Å². The first-order chi connectivity index (χ1) is 7.61. The van der Waals surface area contributed by atoms with Crippen molar-refractivity contribution < 1.29 is 4.39 Å². The molecular weight excluding hydrogens is 201 g/mol. The number of rotatable bonds is 5. The van der Waals surface area contributed by atoms with Gasteiger partial charge in [0.2, 0.25) is 0 Å². The van der Waals surface area contributed by atoms with Crippen molar-refractivity contribution in [3.63, 3.8) is 0 Å². The molecule has 94 valence electrons. The summed E-state index contributed by atoms with van der Waals surface area (Å²) in [6.45, 7) is 4.68. The molecule has 0 aromatic rings. The van der Waals surface area contributed by atoms with E-state index < -0.39 is 6.17 Å². The number of alkyl halides is 1. The molecule has 1 nitrogen and oxygen atoms in total. The fraction of sp³-hybridized carbons (Fsp3) is 1.00. The lowest BCUT2D eigenvalue weighted by atomic mass is 9.80. The van der Waals surface area contributed by atoms with Gasteiger partial charge in [-0.05, 0) is 55.9 Å². The van der Waals surface area contributed by atoms with Crippen LogP contribution in [0.3, 0.4) is 0 Å². The van der Waals surface area contributed by atoms with Gasteiger partial charge in [0.1, 0.15) is 6.17 Å². The van der Waals surface area contributed by atoms with E-state index in [-0.39, 0.29) is 5.92 Å². The van der Waals surface area contributed by atoms with Crippen LogP contribution >= 0.6 is 0 Å². The van der Waals surface area contributed by atoms with Gasteiger partial charge < -0.3 is 5.73 Å². The van der Waals surface area contributed by atoms with E-state index in [1.54, 1.807) is 0 Å². The van der Waals surface area contributed by atoms with Crippen LogP contribution < -0.4 is 5.73 Å². The van der Waals surface area contributed by atoms with Gasteiger partial charge in [-0.3, -0.25) is 0 Å². The Labute approximate surface area is 99.0 Å². The third-order valence-corrected chi connectivity index (χ3v) is 5.01. The number of hydrogen-bond acceptors (Lipinski definition) is 1. The van der Waals surface area contributed by atoms with E-state index in [0.29, 0.717) is 18.4 Å².